The van der Waals surface area contributed by atoms with E-state index in [0.717, 1.165) is 75.1 Å². The van der Waals surface area contributed by atoms with Crippen LogP contribution < -0.4 is 21.2 Å². The maximum Gasteiger partial charge on any atom is 0.329 e. The topological polar surface area (TPSA) is 157 Å². The summed E-state index contributed by atoms with van der Waals surface area (Å²) in [6.45, 7) is 4.54. The average molecular weight is 772 g/mol. The number of aromatic nitrogens is 7. The molecular formula is C39H47F2N11O4. The fraction of sp³-hybridized carbons (Fsp3) is 0.513. The molecule has 2 aliphatic heterocycles. The molecule has 3 fully saturated rings. The zero-order valence-corrected chi connectivity index (χ0v) is 31.8. The Hall–Kier alpha value is -5.45. The van der Waals surface area contributed by atoms with Gasteiger partial charge in [-0.3, -0.25) is 33.5 Å². The fourth-order valence-electron chi connectivity index (χ4n) is 9.01. The predicted octanol–water partition coefficient (Wildman–Crippen LogP) is 4.64. The van der Waals surface area contributed by atoms with E-state index in [9.17, 15) is 28.0 Å². The number of nitrogens with zero attached hydrogens (tertiary/aromatic N) is 9. The van der Waals surface area contributed by atoms with Crippen molar-refractivity contribution in [3.8, 4) is 0 Å². The number of para-hydroxylation sites is 1. The van der Waals surface area contributed by atoms with Gasteiger partial charge in [0.25, 0.3) is 12.3 Å². The lowest BCUT2D eigenvalue weighted by atomic mass is 9.85. The van der Waals surface area contributed by atoms with E-state index in [-0.39, 0.29) is 35.3 Å². The number of nitrogens with one attached hydrogen (secondary N) is 2. The van der Waals surface area contributed by atoms with E-state index in [1.54, 1.807) is 27.0 Å². The molecule has 1 saturated carbocycles. The van der Waals surface area contributed by atoms with Crippen molar-refractivity contribution in [2.45, 2.75) is 89.3 Å². The van der Waals surface area contributed by atoms with Gasteiger partial charge in [-0.1, -0.05) is 13.0 Å². The largest absolute Gasteiger partial charge is 0.370 e. The number of fused-ring (bicyclic) bond motifs is 2. The second-order valence-electron chi connectivity index (χ2n) is 15.4. The highest BCUT2D eigenvalue weighted by Crippen LogP contribution is 2.37. The van der Waals surface area contributed by atoms with Crippen molar-refractivity contribution in [3.63, 3.8) is 0 Å². The number of hydrogen-bond donors (Lipinski definition) is 2. The van der Waals surface area contributed by atoms with Crippen LogP contribution in [0.1, 0.15) is 98.5 Å². The number of hydrogen-bond acceptors (Lipinski definition) is 9. The summed E-state index contributed by atoms with van der Waals surface area (Å²) < 4.78 is 34.6. The molecule has 2 saturated heterocycles. The smallest absolute Gasteiger partial charge is 0.329 e. The van der Waals surface area contributed by atoms with E-state index in [1.165, 1.54) is 17.0 Å². The Labute approximate surface area is 321 Å². The number of carbonyl (C=O) groups is 3. The first-order valence-corrected chi connectivity index (χ1v) is 19.5. The van der Waals surface area contributed by atoms with Crippen LogP contribution in [0, 0.1) is 5.92 Å². The molecule has 0 spiro atoms. The van der Waals surface area contributed by atoms with Crippen LogP contribution in [0.5, 0.6) is 0 Å². The highest BCUT2D eigenvalue weighted by atomic mass is 19.3. The average Bonchev–Trinajstić information content (AvgIpc) is 3.90. The zero-order valence-electron chi connectivity index (χ0n) is 31.8. The summed E-state index contributed by atoms with van der Waals surface area (Å²) in [4.78, 5) is 60.2. The van der Waals surface area contributed by atoms with Crippen molar-refractivity contribution in [1.29, 1.82) is 0 Å². The number of amides is 3. The van der Waals surface area contributed by atoms with Crippen molar-refractivity contribution < 1.29 is 23.2 Å². The predicted molar refractivity (Wildman–Crippen MR) is 205 cm³/mol. The van der Waals surface area contributed by atoms with E-state index in [0.29, 0.717) is 36.0 Å². The molecule has 1 atom stereocenters. The summed E-state index contributed by atoms with van der Waals surface area (Å²) in [5, 5.41) is 13.6. The Morgan fingerprint density at radius 3 is 2.54 bits per heavy atom. The number of benzene rings is 1. The Morgan fingerprint density at radius 1 is 1.05 bits per heavy atom. The van der Waals surface area contributed by atoms with Gasteiger partial charge in [-0.05, 0) is 82.5 Å². The molecule has 3 aliphatic rings. The number of alkyl halides is 2. The molecule has 296 valence electrons. The van der Waals surface area contributed by atoms with Crippen molar-refractivity contribution in [2.75, 3.05) is 36.9 Å². The molecule has 1 aliphatic carbocycles. The third-order valence-corrected chi connectivity index (χ3v) is 12.1. The second kappa shape index (κ2) is 15.2. The minimum absolute atomic E-state index is 0.00506. The van der Waals surface area contributed by atoms with Crippen LogP contribution in [0.3, 0.4) is 0 Å². The molecule has 3 amide bonds. The van der Waals surface area contributed by atoms with Gasteiger partial charge < -0.3 is 15.1 Å². The first kappa shape index (κ1) is 37.5. The molecule has 17 heteroatoms. The second-order valence-corrected chi connectivity index (χ2v) is 15.4. The van der Waals surface area contributed by atoms with Crippen molar-refractivity contribution >= 4 is 45.8 Å². The number of carbonyl (C=O) groups excluding carboxylic acids is 3. The summed E-state index contributed by atoms with van der Waals surface area (Å²) in [5.74, 6) is -0.862. The Kier molecular flexibility index (Phi) is 10.2. The van der Waals surface area contributed by atoms with Crippen LogP contribution in [0.4, 0.5) is 20.2 Å². The van der Waals surface area contributed by atoms with Gasteiger partial charge in [-0.2, -0.15) is 10.2 Å². The molecule has 4 aromatic heterocycles. The van der Waals surface area contributed by atoms with Gasteiger partial charge in [0.1, 0.15) is 11.6 Å². The summed E-state index contributed by atoms with van der Waals surface area (Å²) >= 11 is 0. The SMILES string of the molecule is CCc1ccnc2c(C(=O)Nc3cn([C@H]4CC[C@H](CN(C)C5CCN(c6cccc7c6n(C)c(=O)n7C6CCC(=O)NC6=O)CC5)CC4)nc3C(F)F)cnn12. The summed E-state index contributed by atoms with van der Waals surface area (Å²) in [6, 6.07) is 7.26. The monoisotopic (exact) mass is 771 g/mol. The van der Waals surface area contributed by atoms with E-state index < -0.39 is 30.0 Å². The molecule has 0 bridgehead atoms. The lowest BCUT2D eigenvalue weighted by Gasteiger charge is -2.40. The number of aryl methyl sites for hydroxylation is 2. The number of imide groups is 1. The fourth-order valence-corrected chi connectivity index (χ4v) is 9.01. The summed E-state index contributed by atoms with van der Waals surface area (Å²) in [6.07, 6.45) is 8.25. The van der Waals surface area contributed by atoms with Gasteiger partial charge >= 0.3 is 5.69 Å². The standard InChI is InChI=1S/C39H47F2N11O4/c1-4-24-14-17-42-36-27(20-43-52(24)36)37(54)44-28-22-50(46-33(28)35(40)41)26-10-8-23(9-11-26)21-47(2)25-15-18-49(19-16-25)29-6-5-7-30-34(29)48(3)39(56)51(30)31-12-13-32(53)45-38(31)55/h5-7,14,17,20,22-23,25-26,31,35H,4,8-13,15-16,18-19,21H2,1-3H3,(H,44,54)(H,45,53,55)/t23-,26-,31?. The van der Waals surface area contributed by atoms with Crippen molar-refractivity contribution in [1.82, 2.24) is 43.7 Å². The molecule has 5 aromatic rings. The molecule has 2 N–H and O–H groups in total. The van der Waals surface area contributed by atoms with Crippen LogP contribution in [0.25, 0.3) is 16.7 Å². The number of anilines is 2. The minimum atomic E-state index is -2.85. The number of halogens is 2. The third-order valence-electron chi connectivity index (χ3n) is 12.1. The van der Waals surface area contributed by atoms with Gasteiger partial charge in [0.15, 0.2) is 11.3 Å². The Balaban J connectivity index is 0.869. The molecule has 1 unspecified atom stereocenters. The van der Waals surface area contributed by atoms with Crippen LogP contribution >= 0.6 is 0 Å². The molecule has 6 heterocycles. The van der Waals surface area contributed by atoms with Gasteiger partial charge in [-0.15, -0.1) is 0 Å². The normalized spacial score (nSPS) is 21.1. The van der Waals surface area contributed by atoms with Crippen LogP contribution in [0.15, 0.2) is 47.7 Å². The summed E-state index contributed by atoms with van der Waals surface area (Å²) in [7, 11) is 3.91. The van der Waals surface area contributed by atoms with E-state index in [2.05, 4.69) is 42.7 Å². The number of rotatable bonds is 10. The zero-order chi connectivity index (χ0) is 39.2. The van der Waals surface area contributed by atoms with Crippen LogP contribution in [-0.2, 0) is 23.1 Å². The highest BCUT2D eigenvalue weighted by Gasteiger charge is 2.34. The van der Waals surface area contributed by atoms with Crippen LogP contribution in [-0.4, -0.2) is 88.9 Å². The van der Waals surface area contributed by atoms with Crippen molar-refractivity contribution in [3.05, 3.63) is 70.3 Å². The third kappa shape index (κ3) is 6.85. The van der Waals surface area contributed by atoms with Gasteiger partial charge in [0, 0.05) is 57.2 Å². The highest BCUT2D eigenvalue weighted by molar-refractivity contribution is 6.08. The van der Waals surface area contributed by atoms with E-state index in [4.69, 9.17) is 0 Å². The van der Waals surface area contributed by atoms with Gasteiger partial charge in [0.05, 0.1) is 34.6 Å². The van der Waals surface area contributed by atoms with E-state index >= 15 is 0 Å². The Bertz CT molecular complexity index is 2350. The molecule has 1 aromatic carbocycles. The van der Waals surface area contributed by atoms with Gasteiger partial charge in [0.2, 0.25) is 11.8 Å². The van der Waals surface area contributed by atoms with E-state index in [1.807, 2.05) is 31.2 Å². The quantitative estimate of drug-likeness (QED) is 0.193. The van der Waals surface area contributed by atoms with Gasteiger partial charge in [-0.25, -0.2) is 23.1 Å². The minimum Gasteiger partial charge on any atom is -0.370 e. The van der Waals surface area contributed by atoms with Crippen LogP contribution in [0.2, 0.25) is 0 Å². The lowest BCUT2D eigenvalue weighted by Crippen LogP contribution is -2.45. The van der Waals surface area contributed by atoms with Crippen molar-refractivity contribution in [2.24, 2.45) is 13.0 Å². The molecule has 0 radical (unpaired) electrons. The maximum atomic E-state index is 14.2. The maximum absolute atomic E-state index is 14.2. The number of piperidine rings is 2. The Morgan fingerprint density at radius 2 is 1.82 bits per heavy atom. The molecule has 8 rings (SSSR count). The summed E-state index contributed by atoms with van der Waals surface area (Å²) in [5.41, 5.74) is 3.15. The molecule has 56 heavy (non-hydrogen) atoms. The lowest BCUT2D eigenvalue weighted by molar-refractivity contribution is -0.135. The first-order valence-electron chi connectivity index (χ1n) is 19.5. The molecule has 15 nitrogen and oxygen atoms in total. The number of imidazole rings is 1. The first-order chi connectivity index (χ1) is 27.0. The molecular weight excluding hydrogens is 724 g/mol.